The number of rotatable bonds is 6. The summed E-state index contributed by atoms with van der Waals surface area (Å²) in [5.41, 5.74) is 1.15. The molecule has 2 aliphatic rings. The van der Waals surface area contributed by atoms with Crippen molar-refractivity contribution in [2.24, 2.45) is 5.92 Å². The fourth-order valence-electron chi connectivity index (χ4n) is 3.60. The van der Waals surface area contributed by atoms with Crippen molar-refractivity contribution in [2.75, 3.05) is 25.4 Å². The molecule has 1 aromatic rings. The van der Waals surface area contributed by atoms with Gasteiger partial charge in [-0.3, -0.25) is 4.79 Å². The van der Waals surface area contributed by atoms with Crippen molar-refractivity contribution >= 4 is 15.9 Å². The molecule has 0 radical (unpaired) electrons. The molecule has 1 N–H and O–H groups in total. The minimum Gasteiger partial charge on any atom is -0.493 e. The van der Waals surface area contributed by atoms with E-state index >= 15 is 0 Å². The summed E-state index contributed by atoms with van der Waals surface area (Å²) in [6, 6.07) is 7.37. The smallest absolute Gasteiger partial charge is 0.238 e. The van der Waals surface area contributed by atoms with Crippen LogP contribution in [-0.2, 0) is 21.2 Å². The number of ether oxygens (including phenoxy) is 1. The Morgan fingerprint density at radius 1 is 1.36 bits per heavy atom. The Balaban J connectivity index is 1.56. The largest absolute Gasteiger partial charge is 0.493 e. The molecule has 1 saturated heterocycles. The molecule has 1 aromatic carbocycles. The number of nitrogens with zero attached hydrogens (tertiary/aromatic N) is 1. The number of carbonyl (C=O) groups is 1. The minimum absolute atomic E-state index is 0.101. The van der Waals surface area contributed by atoms with Crippen LogP contribution in [0.4, 0.5) is 0 Å². The second kappa shape index (κ2) is 7.74. The highest BCUT2D eigenvalue weighted by Gasteiger charge is 2.38. The van der Waals surface area contributed by atoms with E-state index in [2.05, 4.69) is 5.32 Å². The zero-order valence-corrected chi connectivity index (χ0v) is 15.4. The zero-order chi connectivity index (χ0) is 17.9. The quantitative estimate of drug-likeness (QED) is 0.829. The molecule has 0 saturated carbocycles. The van der Waals surface area contributed by atoms with Gasteiger partial charge >= 0.3 is 0 Å². The van der Waals surface area contributed by atoms with Crippen molar-refractivity contribution in [3.8, 4) is 5.75 Å². The molecule has 0 aromatic heterocycles. The monoisotopic (exact) mass is 366 g/mol. The zero-order valence-electron chi connectivity index (χ0n) is 14.6. The van der Waals surface area contributed by atoms with Gasteiger partial charge in [-0.25, -0.2) is 8.42 Å². The van der Waals surface area contributed by atoms with E-state index in [-0.39, 0.29) is 17.6 Å². The first-order chi connectivity index (χ1) is 12.0. The van der Waals surface area contributed by atoms with E-state index in [9.17, 15) is 13.2 Å². The molecule has 6 nitrogen and oxygen atoms in total. The van der Waals surface area contributed by atoms with Gasteiger partial charge in [0.15, 0.2) is 0 Å². The standard InChI is InChI=1S/C18H26N2O4S/c1-2-10-25(22,23)20-9-5-7-16(20)18(21)19-12-14-11-15-6-3-4-8-17(15)24-13-14/h3-4,6,8,14,16H,2,5,7,9-13H2,1H3,(H,19,21). The summed E-state index contributed by atoms with van der Waals surface area (Å²) < 4.78 is 31.8. The number of benzene rings is 1. The van der Waals surface area contributed by atoms with Crippen LogP contribution in [0.5, 0.6) is 5.75 Å². The fraction of sp³-hybridized carbons (Fsp3) is 0.611. The van der Waals surface area contributed by atoms with Crippen molar-refractivity contribution in [3.05, 3.63) is 29.8 Å². The number of hydrogen-bond acceptors (Lipinski definition) is 4. The van der Waals surface area contributed by atoms with Crippen LogP contribution in [-0.4, -0.2) is 50.1 Å². The van der Waals surface area contributed by atoms with Crippen molar-refractivity contribution in [2.45, 2.75) is 38.6 Å². The van der Waals surface area contributed by atoms with Gasteiger partial charge in [0.1, 0.15) is 11.8 Å². The minimum atomic E-state index is -3.34. The second-order valence-corrected chi connectivity index (χ2v) is 8.86. The summed E-state index contributed by atoms with van der Waals surface area (Å²) in [5.74, 6) is 1.04. The van der Waals surface area contributed by atoms with Gasteiger partial charge in [-0.1, -0.05) is 25.1 Å². The SMILES string of the molecule is CCCS(=O)(=O)N1CCCC1C(=O)NCC1COc2ccccc2C1. The lowest BCUT2D eigenvalue weighted by atomic mass is 9.96. The van der Waals surface area contributed by atoms with Gasteiger partial charge < -0.3 is 10.1 Å². The molecule has 25 heavy (non-hydrogen) atoms. The van der Waals surface area contributed by atoms with Crippen LogP contribution >= 0.6 is 0 Å². The molecule has 0 aliphatic carbocycles. The van der Waals surface area contributed by atoms with Crippen molar-refractivity contribution in [1.29, 1.82) is 0 Å². The third-order valence-electron chi connectivity index (χ3n) is 4.85. The summed E-state index contributed by atoms with van der Waals surface area (Å²) >= 11 is 0. The lowest BCUT2D eigenvalue weighted by Gasteiger charge is -2.27. The number of amides is 1. The Labute approximate surface area is 149 Å². The van der Waals surface area contributed by atoms with Crippen molar-refractivity contribution in [3.63, 3.8) is 0 Å². The molecular weight excluding hydrogens is 340 g/mol. The van der Waals surface area contributed by atoms with E-state index in [1.54, 1.807) is 0 Å². The Morgan fingerprint density at radius 3 is 2.96 bits per heavy atom. The van der Waals surface area contributed by atoms with Crippen LogP contribution in [0.25, 0.3) is 0 Å². The fourth-order valence-corrected chi connectivity index (χ4v) is 5.34. The third-order valence-corrected chi connectivity index (χ3v) is 6.92. The van der Waals surface area contributed by atoms with Crippen LogP contribution in [0, 0.1) is 5.92 Å². The molecule has 1 fully saturated rings. The first-order valence-electron chi connectivity index (χ1n) is 8.99. The Morgan fingerprint density at radius 2 is 2.16 bits per heavy atom. The number of hydrogen-bond donors (Lipinski definition) is 1. The molecule has 2 aliphatic heterocycles. The van der Waals surface area contributed by atoms with E-state index in [0.29, 0.717) is 32.5 Å². The van der Waals surface area contributed by atoms with E-state index in [0.717, 1.165) is 24.2 Å². The van der Waals surface area contributed by atoms with Gasteiger partial charge in [0, 0.05) is 19.0 Å². The average molecular weight is 366 g/mol. The van der Waals surface area contributed by atoms with Gasteiger partial charge in [0.2, 0.25) is 15.9 Å². The van der Waals surface area contributed by atoms with Crippen molar-refractivity contribution < 1.29 is 17.9 Å². The van der Waals surface area contributed by atoms with E-state index in [4.69, 9.17) is 4.74 Å². The van der Waals surface area contributed by atoms with Gasteiger partial charge in [-0.2, -0.15) is 4.31 Å². The summed E-state index contributed by atoms with van der Waals surface area (Å²) in [5, 5.41) is 2.94. The highest BCUT2D eigenvalue weighted by molar-refractivity contribution is 7.89. The molecule has 2 atom stereocenters. The van der Waals surface area contributed by atoms with Crippen LogP contribution < -0.4 is 10.1 Å². The van der Waals surface area contributed by atoms with Gasteiger partial charge in [0.05, 0.1) is 12.4 Å². The normalized spacial score (nSPS) is 23.7. The topological polar surface area (TPSA) is 75.7 Å². The molecule has 7 heteroatoms. The van der Waals surface area contributed by atoms with Gasteiger partial charge in [0.25, 0.3) is 0 Å². The van der Waals surface area contributed by atoms with Crippen molar-refractivity contribution in [1.82, 2.24) is 9.62 Å². The first kappa shape index (κ1) is 18.2. The highest BCUT2D eigenvalue weighted by atomic mass is 32.2. The predicted octanol–water partition coefficient (Wildman–Crippen LogP) is 1.56. The van der Waals surface area contributed by atoms with E-state index < -0.39 is 16.1 Å². The predicted molar refractivity (Wildman–Crippen MR) is 95.9 cm³/mol. The molecule has 138 valence electrons. The maximum atomic E-state index is 12.5. The Hall–Kier alpha value is -1.60. The van der Waals surface area contributed by atoms with Crippen LogP contribution in [0.15, 0.2) is 24.3 Å². The molecule has 0 spiro atoms. The number of para-hydroxylation sites is 1. The van der Waals surface area contributed by atoms with Crippen LogP contribution in [0.2, 0.25) is 0 Å². The summed E-state index contributed by atoms with van der Waals surface area (Å²) in [7, 11) is -3.34. The maximum Gasteiger partial charge on any atom is 0.238 e. The molecule has 2 unspecified atom stereocenters. The summed E-state index contributed by atoms with van der Waals surface area (Å²) in [6.45, 7) is 3.36. The Bertz CT molecular complexity index is 720. The molecule has 2 heterocycles. The molecule has 0 bridgehead atoms. The van der Waals surface area contributed by atoms with Crippen LogP contribution in [0.1, 0.15) is 31.7 Å². The third kappa shape index (κ3) is 4.15. The molecular formula is C18H26N2O4S. The number of carbonyl (C=O) groups excluding carboxylic acids is 1. The maximum absolute atomic E-state index is 12.5. The summed E-state index contributed by atoms with van der Waals surface area (Å²) in [4.78, 5) is 12.5. The number of nitrogens with one attached hydrogen (secondary N) is 1. The van der Waals surface area contributed by atoms with Gasteiger partial charge in [-0.05, 0) is 37.3 Å². The van der Waals surface area contributed by atoms with E-state index in [1.807, 2.05) is 31.2 Å². The highest BCUT2D eigenvalue weighted by Crippen LogP contribution is 2.27. The summed E-state index contributed by atoms with van der Waals surface area (Å²) in [6.07, 6.45) is 2.75. The van der Waals surface area contributed by atoms with Crippen LogP contribution in [0.3, 0.4) is 0 Å². The number of fused-ring (bicyclic) bond motifs is 1. The van der Waals surface area contributed by atoms with Gasteiger partial charge in [-0.15, -0.1) is 0 Å². The lowest BCUT2D eigenvalue weighted by Crippen LogP contribution is -2.48. The second-order valence-electron chi connectivity index (χ2n) is 6.82. The lowest BCUT2D eigenvalue weighted by molar-refractivity contribution is -0.124. The van der Waals surface area contributed by atoms with E-state index in [1.165, 1.54) is 4.31 Å². The molecule has 1 amide bonds. The first-order valence-corrected chi connectivity index (χ1v) is 10.6. The number of sulfonamides is 1. The average Bonchev–Trinajstić information content (AvgIpc) is 3.10. The molecule has 3 rings (SSSR count). The Kier molecular flexibility index (Phi) is 5.64.